The molecule has 0 saturated heterocycles. The predicted molar refractivity (Wildman–Crippen MR) is 83.3 cm³/mol. The van der Waals surface area contributed by atoms with Crippen molar-refractivity contribution < 1.29 is 14.3 Å². The van der Waals surface area contributed by atoms with Crippen molar-refractivity contribution >= 4 is 22.6 Å². The highest BCUT2D eigenvalue weighted by atomic mass is 35.5. The molecule has 0 aliphatic carbocycles. The Morgan fingerprint density at radius 1 is 1.27 bits per heavy atom. The van der Waals surface area contributed by atoms with Gasteiger partial charge in [0.2, 0.25) is 5.88 Å². The second kappa shape index (κ2) is 6.17. The van der Waals surface area contributed by atoms with Crippen molar-refractivity contribution in [2.24, 2.45) is 0 Å². The van der Waals surface area contributed by atoms with Crippen molar-refractivity contribution in [3.63, 3.8) is 0 Å². The summed E-state index contributed by atoms with van der Waals surface area (Å²) in [5.41, 5.74) is 0.821. The number of aromatic nitrogens is 1. The van der Waals surface area contributed by atoms with Crippen LogP contribution in [0.1, 0.15) is 0 Å². The molecule has 112 valence electrons. The third-order valence-electron chi connectivity index (χ3n) is 3.07. The molecule has 0 aliphatic rings. The Morgan fingerprint density at radius 2 is 2.14 bits per heavy atom. The molecule has 0 spiro atoms. The van der Waals surface area contributed by atoms with Gasteiger partial charge in [0.05, 0.1) is 17.0 Å². The van der Waals surface area contributed by atoms with Crippen LogP contribution >= 0.6 is 11.6 Å². The van der Waals surface area contributed by atoms with Gasteiger partial charge < -0.3 is 14.3 Å². The molecule has 0 aliphatic heterocycles. The lowest BCUT2D eigenvalue weighted by atomic mass is 10.1. The van der Waals surface area contributed by atoms with Crippen molar-refractivity contribution in [2.75, 3.05) is 13.2 Å². The zero-order valence-electron chi connectivity index (χ0n) is 11.5. The van der Waals surface area contributed by atoms with Gasteiger partial charge >= 0.3 is 0 Å². The van der Waals surface area contributed by atoms with Crippen molar-refractivity contribution in [3.05, 3.63) is 57.8 Å². The lowest BCUT2D eigenvalue weighted by molar-refractivity contribution is 0.196. The van der Waals surface area contributed by atoms with E-state index in [0.29, 0.717) is 33.2 Å². The van der Waals surface area contributed by atoms with Crippen LogP contribution in [0.25, 0.3) is 22.3 Å². The molecular weight excluding hydrogens is 306 g/mol. The lowest BCUT2D eigenvalue weighted by Gasteiger charge is -2.06. The van der Waals surface area contributed by atoms with Gasteiger partial charge in [-0.2, -0.15) is 0 Å². The normalized spacial score (nSPS) is 10.8. The second-order valence-corrected chi connectivity index (χ2v) is 4.96. The molecule has 1 N–H and O–H groups in total. The fourth-order valence-corrected chi connectivity index (χ4v) is 2.26. The first kappa shape index (κ1) is 14.6. The number of hydrogen-bond donors (Lipinski definition) is 1. The molecule has 0 bridgehead atoms. The smallest absolute Gasteiger partial charge is 0.213 e. The molecule has 0 unspecified atom stereocenters. The number of ether oxygens (including phenoxy) is 1. The van der Waals surface area contributed by atoms with E-state index in [4.69, 9.17) is 25.9 Å². The van der Waals surface area contributed by atoms with Crippen molar-refractivity contribution in [1.29, 1.82) is 0 Å². The van der Waals surface area contributed by atoms with Crippen LogP contribution in [0, 0.1) is 0 Å². The number of fused-ring (bicyclic) bond motifs is 1. The Morgan fingerprint density at radius 3 is 2.86 bits per heavy atom. The van der Waals surface area contributed by atoms with E-state index in [2.05, 4.69) is 4.98 Å². The summed E-state index contributed by atoms with van der Waals surface area (Å²) in [7, 11) is 0. The first-order chi connectivity index (χ1) is 10.7. The Kier molecular flexibility index (Phi) is 4.09. The molecule has 2 aromatic heterocycles. The van der Waals surface area contributed by atoms with E-state index in [1.54, 1.807) is 30.3 Å². The summed E-state index contributed by atoms with van der Waals surface area (Å²) >= 11 is 6.08. The number of rotatable bonds is 4. The minimum absolute atomic E-state index is 0.0819. The number of nitrogens with zero attached hydrogens (tertiary/aromatic N) is 1. The maximum Gasteiger partial charge on any atom is 0.213 e. The predicted octanol–water partition coefficient (Wildman–Crippen LogP) is 2.88. The van der Waals surface area contributed by atoms with E-state index < -0.39 is 0 Å². The number of aliphatic hydroxyl groups is 1. The molecule has 3 rings (SSSR count). The SMILES string of the molecule is O=c1cc(-c2ccc(OCCO)nc2)oc2c(Cl)cccc12. The molecule has 6 heteroatoms. The largest absolute Gasteiger partial charge is 0.475 e. The molecule has 5 nitrogen and oxygen atoms in total. The average molecular weight is 318 g/mol. The molecule has 0 atom stereocenters. The molecule has 0 amide bonds. The molecule has 0 saturated carbocycles. The van der Waals surface area contributed by atoms with Crippen LogP contribution in [0.5, 0.6) is 5.88 Å². The van der Waals surface area contributed by atoms with Crippen LogP contribution in [0.2, 0.25) is 5.02 Å². The van der Waals surface area contributed by atoms with E-state index in [1.165, 1.54) is 12.3 Å². The van der Waals surface area contributed by atoms with Gasteiger partial charge in [-0.3, -0.25) is 4.79 Å². The highest BCUT2D eigenvalue weighted by Crippen LogP contribution is 2.27. The molecule has 0 fully saturated rings. The highest BCUT2D eigenvalue weighted by molar-refractivity contribution is 6.34. The van der Waals surface area contributed by atoms with E-state index in [-0.39, 0.29) is 18.6 Å². The van der Waals surface area contributed by atoms with Gasteiger partial charge in [0.1, 0.15) is 12.4 Å². The molecule has 3 aromatic rings. The average Bonchev–Trinajstić information content (AvgIpc) is 2.54. The second-order valence-electron chi connectivity index (χ2n) is 4.55. The lowest BCUT2D eigenvalue weighted by Crippen LogP contribution is -2.03. The third-order valence-corrected chi connectivity index (χ3v) is 3.37. The third kappa shape index (κ3) is 2.81. The number of benzene rings is 1. The summed E-state index contributed by atoms with van der Waals surface area (Å²) < 4.78 is 10.9. The van der Waals surface area contributed by atoms with Gasteiger partial charge in [-0.05, 0) is 18.2 Å². The van der Waals surface area contributed by atoms with Gasteiger partial charge in [0.25, 0.3) is 0 Å². The van der Waals surface area contributed by atoms with Gasteiger partial charge in [-0.25, -0.2) is 4.98 Å². The summed E-state index contributed by atoms with van der Waals surface area (Å²) in [5.74, 6) is 0.769. The first-order valence-electron chi connectivity index (χ1n) is 6.61. The summed E-state index contributed by atoms with van der Waals surface area (Å²) in [6.07, 6.45) is 1.54. The molecule has 1 aromatic carbocycles. The van der Waals surface area contributed by atoms with Crippen molar-refractivity contribution in [2.45, 2.75) is 0 Å². The van der Waals surface area contributed by atoms with Crippen molar-refractivity contribution in [1.82, 2.24) is 4.98 Å². The van der Waals surface area contributed by atoms with Gasteiger partial charge in [0.15, 0.2) is 11.0 Å². The van der Waals surface area contributed by atoms with E-state index in [1.807, 2.05) is 0 Å². The monoisotopic (exact) mass is 317 g/mol. The Labute approximate surface area is 130 Å². The summed E-state index contributed by atoms with van der Waals surface area (Å²) in [6.45, 7) is 0.0918. The minimum Gasteiger partial charge on any atom is -0.475 e. The van der Waals surface area contributed by atoms with Crippen LogP contribution in [0.3, 0.4) is 0 Å². The molecular formula is C16H12ClNO4. The van der Waals surface area contributed by atoms with Crippen LogP contribution < -0.4 is 10.2 Å². The van der Waals surface area contributed by atoms with Crippen molar-refractivity contribution in [3.8, 4) is 17.2 Å². The van der Waals surface area contributed by atoms with Crippen LogP contribution in [-0.2, 0) is 0 Å². The number of pyridine rings is 1. The topological polar surface area (TPSA) is 72.6 Å². The summed E-state index contributed by atoms with van der Waals surface area (Å²) in [6, 6.07) is 9.81. The number of para-hydroxylation sites is 1. The molecule has 2 heterocycles. The molecule has 0 radical (unpaired) electrons. The first-order valence-corrected chi connectivity index (χ1v) is 6.99. The number of halogens is 1. The summed E-state index contributed by atoms with van der Waals surface area (Å²) in [5, 5.41) is 9.52. The Hall–Kier alpha value is -2.37. The zero-order valence-corrected chi connectivity index (χ0v) is 12.2. The van der Waals surface area contributed by atoms with Gasteiger partial charge in [-0.15, -0.1) is 0 Å². The maximum absolute atomic E-state index is 12.1. The van der Waals surface area contributed by atoms with Gasteiger partial charge in [0, 0.05) is 23.9 Å². The van der Waals surface area contributed by atoms with Crippen LogP contribution in [-0.4, -0.2) is 23.3 Å². The Bertz CT molecular complexity index is 858. The standard InChI is InChI=1S/C16H12ClNO4/c17-12-3-1-2-11-13(20)8-14(22-16(11)12)10-4-5-15(18-9-10)21-7-6-19/h1-5,8-9,19H,6-7H2. The minimum atomic E-state index is -0.167. The van der Waals surface area contributed by atoms with Crippen LogP contribution in [0.15, 0.2) is 51.8 Å². The fourth-order valence-electron chi connectivity index (χ4n) is 2.05. The van der Waals surface area contributed by atoms with E-state index >= 15 is 0 Å². The fraction of sp³-hybridized carbons (Fsp3) is 0.125. The zero-order chi connectivity index (χ0) is 15.5. The van der Waals surface area contributed by atoms with Crippen LogP contribution in [0.4, 0.5) is 0 Å². The van der Waals surface area contributed by atoms with E-state index in [9.17, 15) is 4.79 Å². The van der Waals surface area contributed by atoms with E-state index in [0.717, 1.165) is 0 Å². The Balaban J connectivity index is 2.03. The number of hydrogen-bond acceptors (Lipinski definition) is 5. The van der Waals surface area contributed by atoms with Gasteiger partial charge in [-0.1, -0.05) is 17.7 Å². The highest BCUT2D eigenvalue weighted by Gasteiger charge is 2.10. The quantitative estimate of drug-likeness (QED) is 0.801. The number of aliphatic hydroxyl groups excluding tert-OH is 1. The maximum atomic E-state index is 12.1. The molecule has 22 heavy (non-hydrogen) atoms. The summed E-state index contributed by atoms with van der Waals surface area (Å²) in [4.78, 5) is 16.2.